The lowest BCUT2D eigenvalue weighted by atomic mass is 10.3. The average Bonchev–Trinajstić information content (AvgIpc) is 2.73. The normalized spacial score (nSPS) is 11.9. The highest BCUT2D eigenvalue weighted by Gasteiger charge is 1.99. The third-order valence-corrected chi connectivity index (χ3v) is 3.41. The number of hydrogen-bond donors (Lipinski definition) is 1. The molecule has 0 radical (unpaired) electrons. The monoisotopic (exact) mass is 251 g/mol. The fourth-order valence-electron chi connectivity index (χ4n) is 1.16. The molecule has 1 heterocycles. The van der Waals surface area contributed by atoms with Crippen LogP contribution in [0.3, 0.4) is 0 Å². The first-order valence-corrected chi connectivity index (χ1v) is 6.63. The smallest absolute Gasteiger partial charge is 0.0957 e. The Hall–Kier alpha value is -1.02. The zero-order valence-electron chi connectivity index (χ0n) is 9.01. The van der Waals surface area contributed by atoms with Gasteiger partial charge in [0.05, 0.1) is 11.8 Å². The molecule has 1 rings (SSSR count). The van der Waals surface area contributed by atoms with Gasteiger partial charge in [0.2, 0.25) is 0 Å². The van der Waals surface area contributed by atoms with E-state index in [4.69, 9.17) is 9.81 Å². The lowest BCUT2D eigenvalue weighted by Crippen LogP contribution is -1.81. The lowest BCUT2D eigenvalue weighted by Gasteiger charge is -1.91. The molecule has 0 aliphatic rings. The van der Waals surface area contributed by atoms with Crippen LogP contribution in [-0.2, 0) is 6.42 Å². The molecule has 0 aliphatic carbocycles. The fraction of sp³-hybridized carbons (Fsp3) is 0.250. The van der Waals surface area contributed by atoms with Crippen molar-refractivity contribution in [3.63, 3.8) is 0 Å². The van der Waals surface area contributed by atoms with Gasteiger partial charge in [-0.1, -0.05) is 12.2 Å². The number of thiophene rings is 1. The van der Waals surface area contributed by atoms with E-state index in [9.17, 15) is 0 Å². The van der Waals surface area contributed by atoms with E-state index in [0.29, 0.717) is 23.4 Å². The zero-order chi connectivity index (χ0) is 11.8. The van der Waals surface area contributed by atoms with E-state index < -0.39 is 0 Å². The highest BCUT2D eigenvalue weighted by atomic mass is 32.2. The molecule has 0 saturated carbocycles. The highest BCUT2D eigenvalue weighted by Crippen LogP contribution is 2.20. The molecule has 0 atom stereocenters. The van der Waals surface area contributed by atoms with E-state index in [1.165, 1.54) is 4.88 Å². The molecule has 0 aliphatic heterocycles. The number of nitriles is 1. The summed E-state index contributed by atoms with van der Waals surface area (Å²) in [7, 11) is 0. The third-order valence-electron chi connectivity index (χ3n) is 1.92. The van der Waals surface area contributed by atoms with E-state index in [0.717, 1.165) is 11.3 Å². The lowest BCUT2D eigenvalue weighted by molar-refractivity contribution is 0.666. The third kappa shape index (κ3) is 4.23. The van der Waals surface area contributed by atoms with Gasteiger partial charge in [-0.2, -0.15) is 5.26 Å². The van der Waals surface area contributed by atoms with Crippen molar-refractivity contribution in [2.24, 2.45) is 0 Å². The molecule has 84 valence electrons. The molecule has 0 saturated heterocycles. The molecule has 0 spiro atoms. The van der Waals surface area contributed by atoms with Gasteiger partial charge in [0.25, 0.3) is 0 Å². The van der Waals surface area contributed by atoms with Crippen LogP contribution in [-0.4, -0.2) is 10.3 Å². The summed E-state index contributed by atoms with van der Waals surface area (Å²) in [5, 5.41) is 8.82. The van der Waals surface area contributed by atoms with Crippen LogP contribution in [0.4, 0.5) is 0 Å². The molecule has 1 N–H and O–H groups in total. The Bertz CT molecular complexity index is 426. The Morgan fingerprint density at radius 1 is 1.62 bits per heavy atom. The SMILES string of the molecule is C/C=C\Cc1ccc(/C=C(\C#N)CSO)s1. The molecular formula is C12H13NOS2. The van der Waals surface area contributed by atoms with Crippen LogP contribution in [0.5, 0.6) is 0 Å². The first-order chi connectivity index (χ1) is 7.80. The summed E-state index contributed by atoms with van der Waals surface area (Å²) in [6.45, 7) is 2.00. The Labute approximate surface area is 104 Å². The number of hydrogen-bond acceptors (Lipinski definition) is 4. The average molecular weight is 251 g/mol. The van der Waals surface area contributed by atoms with E-state index in [1.807, 2.05) is 25.1 Å². The number of rotatable bonds is 5. The highest BCUT2D eigenvalue weighted by molar-refractivity contribution is 7.93. The summed E-state index contributed by atoms with van der Waals surface area (Å²) in [6.07, 6.45) is 6.89. The van der Waals surface area contributed by atoms with Gasteiger partial charge < -0.3 is 4.55 Å². The van der Waals surface area contributed by atoms with Crippen LogP contribution in [0.25, 0.3) is 6.08 Å². The Balaban J connectivity index is 2.74. The van der Waals surface area contributed by atoms with Crippen molar-refractivity contribution in [1.29, 1.82) is 5.26 Å². The van der Waals surface area contributed by atoms with Crippen LogP contribution in [0.1, 0.15) is 16.7 Å². The Kier molecular flexibility index (Phi) is 5.94. The van der Waals surface area contributed by atoms with Crippen molar-refractivity contribution in [1.82, 2.24) is 0 Å². The first kappa shape index (κ1) is 13.0. The quantitative estimate of drug-likeness (QED) is 0.489. The van der Waals surface area contributed by atoms with Crippen molar-refractivity contribution in [3.8, 4) is 6.07 Å². The van der Waals surface area contributed by atoms with Crippen LogP contribution in [0.15, 0.2) is 29.9 Å². The molecule has 0 unspecified atom stereocenters. The maximum Gasteiger partial charge on any atom is 0.0957 e. The molecule has 0 aromatic carbocycles. The second kappa shape index (κ2) is 7.29. The topological polar surface area (TPSA) is 44.0 Å². The maximum atomic E-state index is 8.82. The molecule has 2 nitrogen and oxygen atoms in total. The first-order valence-electron chi connectivity index (χ1n) is 4.87. The van der Waals surface area contributed by atoms with E-state index >= 15 is 0 Å². The van der Waals surface area contributed by atoms with Gasteiger partial charge in [0.1, 0.15) is 0 Å². The van der Waals surface area contributed by atoms with Crippen LogP contribution in [0, 0.1) is 11.3 Å². The standard InChI is InChI=1S/C12H13NOS2/c1-2-3-4-11-5-6-12(16-11)7-10(8-13)9-15-14/h2-3,5-7,14H,4,9H2,1H3/b3-2-,10-7+. The van der Waals surface area contributed by atoms with Gasteiger partial charge in [-0.15, -0.1) is 11.3 Å². The molecule has 0 fully saturated rings. The number of allylic oxidation sites excluding steroid dienone is 2. The minimum Gasteiger partial charge on any atom is -0.330 e. The summed E-state index contributed by atoms with van der Waals surface area (Å²) >= 11 is 2.35. The maximum absolute atomic E-state index is 8.82. The molecule has 0 bridgehead atoms. The summed E-state index contributed by atoms with van der Waals surface area (Å²) in [5.74, 6) is 0.346. The van der Waals surface area contributed by atoms with Crippen LogP contribution >= 0.6 is 23.4 Å². The second-order valence-electron chi connectivity index (χ2n) is 3.13. The molecule has 16 heavy (non-hydrogen) atoms. The van der Waals surface area contributed by atoms with Gasteiger partial charge in [0.15, 0.2) is 0 Å². The van der Waals surface area contributed by atoms with Crippen LogP contribution < -0.4 is 0 Å². The van der Waals surface area contributed by atoms with Crippen molar-refractivity contribution in [3.05, 3.63) is 39.6 Å². The predicted molar refractivity (Wildman–Crippen MR) is 71.5 cm³/mol. The van der Waals surface area contributed by atoms with Crippen LogP contribution in [0.2, 0.25) is 0 Å². The second-order valence-corrected chi connectivity index (χ2v) is 4.88. The van der Waals surface area contributed by atoms with E-state index in [2.05, 4.69) is 18.2 Å². The minimum atomic E-state index is 0.346. The van der Waals surface area contributed by atoms with Crippen molar-refractivity contribution >= 4 is 29.5 Å². The van der Waals surface area contributed by atoms with Gasteiger partial charge in [-0.25, -0.2) is 0 Å². The largest absolute Gasteiger partial charge is 0.330 e. The summed E-state index contributed by atoms with van der Waals surface area (Å²) in [5.41, 5.74) is 0.590. The molecule has 1 aromatic heterocycles. The molecule has 0 amide bonds. The zero-order valence-corrected chi connectivity index (χ0v) is 10.6. The summed E-state index contributed by atoms with van der Waals surface area (Å²) < 4.78 is 8.69. The molecular weight excluding hydrogens is 238 g/mol. The van der Waals surface area contributed by atoms with E-state index in [-0.39, 0.29) is 0 Å². The van der Waals surface area contributed by atoms with Gasteiger partial charge in [0, 0.05) is 15.3 Å². The summed E-state index contributed by atoms with van der Waals surface area (Å²) in [6, 6.07) is 6.15. The fourth-order valence-corrected chi connectivity index (χ4v) is 2.41. The number of nitrogens with zero attached hydrogens (tertiary/aromatic N) is 1. The summed E-state index contributed by atoms with van der Waals surface area (Å²) in [4.78, 5) is 2.34. The Morgan fingerprint density at radius 2 is 2.44 bits per heavy atom. The van der Waals surface area contributed by atoms with Crippen molar-refractivity contribution in [2.45, 2.75) is 13.3 Å². The van der Waals surface area contributed by atoms with Gasteiger partial charge in [-0.3, -0.25) is 0 Å². The molecule has 4 heteroatoms. The Morgan fingerprint density at radius 3 is 3.06 bits per heavy atom. The predicted octanol–water partition coefficient (Wildman–Crippen LogP) is 3.98. The van der Waals surface area contributed by atoms with E-state index in [1.54, 1.807) is 11.3 Å². The molecule has 1 aromatic rings. The van der Waals surface area contributed by atoms with Gasteiger partial charge in [-0.05, 0) is 43.6 Å². The van der Waals surface area contributed by atoms with Crippen molar-refractivity contribution in [2.75, 3.05) is 5.75 Å². The van der Waals surface area contributed by atoms with Crippen molar-refractivity contribution < 1.29 is 4.55 Å². The minimum absolute atomic E-state index is 0.346. The van der Waals surface area contributed by atoms with Gasteiger partial charge >= 0.3 is 0 Å².